The van der Waals surface area contributed by atoms with Crippen LogP contribution in [0.2, 0.25) is 0 Å². The van der Waals surface area contributed by atoms with Crippen LogP contribution in [0.25, 0.3) is 0 Å². The Bertz CT molecular complexity index is 1020. The molecule has 0 saturated heterocycles. The molecule has 1 aliphatic rings. The third-order valence-electron chi connectivity index (χ3n) is 6.34. The molecular formula is C28H43O7P. The van der Waals surface area contributed by atoms with Crippen molar-refractivity contribution in [1.29, 1.82) is 0 Å². The molecule has 7 nitrogen and oxygen atoms in total. The normalized spacial score (nSPS) is 20.1. The number of hydrogen-bond acceptors (Lipinski definition) is 6. The SMILES string of the molecule is C=C(C)[C@@H]1CCC(C)=C[C@H]1c1c(O)cc(CCCCC)cc1OC(=O)C(C)(C)OP(=O)(O)OC(C)C. The molecule has 2 rings (SSSR count). The second-order valence-corrected chi connectivity index (χ2v) is 12.0. The number of phosphoric ester groups is 1. The monoisotopic (exact) mass is 522 g/mol. The predicted octanol–water partition coefficient (Wildman–Crippen LogP) is 7.37. The van der Waals surface area contributed by atoms with Gasteiger partial charge in [-0.05, 0) is 90.8 Å². The highest BCUT2D eigenvalue weighted by molar-refractivity contribution is 7.47. The third-order valence-corrected chi connectivity index (χ3v) is 7.72. The number of aryl methyl sites for hydroxylation is 1. The summed E-state index contributed by atoms with van der Waals surface area (Å²) >= 11 is 0. The first-order valence-corrected chi connectivity index (χ1v) is 14.3. The highest BCUT2D eigenvalue weighted by Gasteiger charge is 2.41. The van der Waals surface area contributed by atoms with Gasteiger partial charge in [0.05, 0.1) is 6.10 Å². The summed E-state index contributed by atoms with van der Waals surface area (Å²) in [4.78, 5) is 23.3. The summed E-state index contributed by atoms with van der Waals surface area (Å²) in [6.07, 6.45) is 7.11. The summed E-state index contributed by atoms with van der Waals surface area (Å²) in [6, 6.07) is 3.53. The standard InChI is InChI=1S/C28H43O7P/c1-9-10-11-12-21-16-24(29)26(23-15-20(6)13-14-22(23)18(2)3)25(17-21)33-27(30)28(7,8)35-36(31,32)34-19(4)5/h15-17,19,22-23,29H,2,9-14H2,1,3-8H3,(H,31,32)/t22-,23+/m0/s1. The Balaban J connectivity index is 2.50. The van der Waals surface area contributed by atoms with Crippen LogP contribution in [0.15, 0.2) is 35.9 Å². The van der Waals surface area contributed by atoms with E-state index in [2.05, 4.69) is 19.6 Å². The van der Waals surface area contributed by atoms with Crippen molar-refractivity contribution in [3.63, 3.8) is 0 Å². The molecule has 1 aromatic carbocycles. The first-order valence-electron chi connectivity index (χ1n) is 12.8. The molecule has 0 amide bonds. The predicted molar refractivity (Wildman–Crippen MR) is 142 cm³/mol. The van der Waals surface area contributed by atoms with Gasteiger partial charge in [-0.15, -0.1) is 0 Å². The smallest absolute Gasteiger partial charge is 0.473 e. The number of hydrogen-bond donors (Lipinski definition) is 2. The van der Waals surface area contributed by atoms with E-state index in [1.54, 1.807) is 26.0 Å². The molecule has 0 spiro atoms. The molecule has 0 aliphatic heterocycles. The van der Waals surface area contributed by atoms with Gasteiger partial charge in [0.1, 0.15) is 11.5 Å². The number of phosphoric acid groups is 1. The lowest BCUT2D eigenvalue weighted by Gasteiger charge is -2.32. The van der Waals surface area contributed by atoms with E-state index < -0.39 is 25.5 Å². The molecule has 0 aromatic heterocycles. The Morgan fingerprint density at radius 1 is 1.28 bits per heavy atom. The van der Waals surface area contributed by atoms with Crippen LogP contribution >= 0.6 is 7.82 Å². The summed E-state index contributed by atoms with van der Waals surface area (Å²) in [7, 11) is -4.51. The van der Waals surface area contributed by atoms with Crippen LogP contribution in [0.5, 0.6) is 11.5 Å². The number of benzene rings is 1. The molecule has 3 atom stereocenters. The lowest BCUT2D eigenvalue weighted by molar-refractivity contribution is -0.151. The minimum Gasteiger partial charge on any atom is -0.507 e. The van der Waals surface area contributed by atoms with E-state index in [-0.39, 0.29) is 23.3 Å². The van der Waals surface area contributed by atoms with E-state index in [1.807, 2.05) is 13.8 Å². The Morgan fingerprint density at radius 3 is 2.53 bits per heavy atom. The van der Waals surface area contributed by atoms with E-state index >= 15 is 0 Å². The molecule has 0 fully saturated rings. The average Bonchev–Trinajstić information content (AvgIpc) is 2.71. The Kier molecular flexibility index (Phi) is 10.6. The van der Waals surface area contributed by atoms with Gasteiger partial charge in [-0.2, -0.15) is 0 Å². The molecule has 0 radical (unpaired) electrons. The van der Waals surface area contributed by atoms with Crippen LogP contribution in [0.3, 0.4) is 0 Å². The van der Waals surface area contributed by atoms with Crippen molar-refractivity contribution >= 4 is 13.8 Å². The molecule has 202 valence electrons. The first-order chi connectivity index (χ1) is 16.7. The van der Waals surface area contributed by atoms with E-state index in [1.165, 1.54) is 19.4 Å². The molecule has 8 heteroatoms. The van der Waals surface area contributed by atoms with Crippen molar-refractivity contribution in [2.45, 2.75) is 105 Å². The van der Waals surface area contributed by atoms with Crippen LogP contribution in [-0.2, 0) is 24.8 Å². The number of allylic oxidation sites excluding steroid dienone is 3. The van der Waals surface area contributed by atoms with E-state index in [9.17, 15) is 19.4 Å². The Morgan fingerprint density at radius 2 is 1.94 bits per heavy atom. The second-order valence-electron chi connectivity index (χ2n) is 10.6. The number of phenolic OH excluding ortho intramolecular Hbond substituents is 1. The average molecular weight is 523 g/mol. The summed E-state index contributed by atoms with van der Waals surface area (Å²) in [5, 5.41) is 11.2. The highest BCUT2D eigenvalue weighted by Crippen LogP contribution is 2.50. The lowest BCUT2D eigenvalue weighted by Crippen LogP contribution is -2.38. The first kappa shape index (κ1) is 30.3. The molecule has 0 heterocycles. The highest BCUT2D eigenvalue weighted by atomic mass is 31.2. The van der Waals surface area contributed by atoms with Gasteiger partial charge in [-0.1, -0.05) is 43.6 Å². The number of phenols is 1. The molecule has 0 saturated carbocycles. The van der Waals surface area contributed by atoms with Gasteiger partial charge in [0.15, 0.2) is 5.60 Å². The number of aromatic hydroxyl groups is 1. The molecular weight excluding hydrogens is 479 g/mol. The number of carbonyl (C=O) groups excluding carboxylic acids is 1. The van der Waals surface area contributed by atoms with E-state index in [4.69, 9.17) is 13.8 Å². The summed E-state index contributed by atoms with van der Waals surface area (Å²) in [5.41, 5.74) is 1.76. The summed E-state index contributed by atoms with van der Waals surface area (Å²) in [6.45, 7) is 16.2. The summed E-state index contributed by atoms with van der Waals surface area (Å²) in [5.74, 6) is -0.726. The van der Waals surface area contributed by atoms with Crippen molar-refractivity contribution in [3.05, 3.63) is 47.1 Å². The lowest BCUT2D eigenvalue weighted by atomic mass is 9.73. The Labute approximate surface area is 216 Å². The minimum atomic E-state index is -4.51. The van der Waals surface area contributed by atoms with Crippen LogP contribution < -0.4 is 4.74 Å². The van der Waals surface area contributed by atoms with Crippen molar-refractivity contribution in [3.8, 4) is 11.5 Å². The minimum absolute atomic E-state index is 0.0590. The zero-order chi connectivity index (χ0) is 27.3. The van der Waals surface area contributed by atoms with Gasteiger partial charge in [0, 0.05) is 11.5 Å². The fourth-order valence-corrected chi connectivity index (χ4v) is 5.78. The fourth-order valence-electron chi connectivity index (χ4n) is 4.55. The van der Waals surface area contributed by atoms with Crippen LogP contribution in [0.1, 0.15) is 97.6 Å². The van der Waals surface area contributed by atoms with Gasteiger partial charge in [0.2, 0.25) is 0 Å². The Hall–Kier alpha value is -1.92. The molecule has 1 unspecified atom stereocenters. The number of carbonyl (C=O) groups is 1. The van der Waals surface area contributed by atoms with Crippen LogP contribution in [0.4, 0.5) is 0 Å². The number of unbranched alkanes of at least 4 members (excludes halogenated alkanes) is 2. The van der Waals surface area contributed by atoms with Crippen molar-refractivity contribution < 1.29 is 33.1 Å². The quantitative estimate of drug-likeness (QED) is 0.0971. The maximum atomic E-state index is 13.2. The summed E-state index contributed by atoms with van der Waals surface area (Å²) < 4.78 is 28.4. The van der Waals surface area contributed by atoms with Crippen LogP contribution in [-0.4, -0.2) is 27.7 Å². The van der Waals surface area contributed by atoms with Crippen molar-refractivity contribution in [2.75, 3.05) is 0 Å². The van der Waals surface area contributed by atoms with E-state index in [0.29, 0.717) is 5.56 Å². The molecule has 1 aromatic rings. The zero-order valence-corrected chi connectivity index (χ0v) is 23.7. The van der Waals surface area contributed by atoms with Gasteiger partial charge < -0.3 is 14.7 Å². The van der Waals surface area contributed by atoms with Gasteiger partial charge in [-0.3, -0.25) is 9.05 Å². The molecule has 1 aliphatic carbocycles. The largest absolute Gasteiger partial charge is 0.507 e. The molecule has 0 bridgehead atoms. The number of esters is 1. The third kappa shape index (κ3) is 8.31. The molecule has 36 heavy (non-hydrogen) atoms. The maximum Gasteiger partial charge on any atom is 0.473 e. The fraction of sp³-hybridized carbons (Fsp3) is 0.607. The van der Waals surface area contributed by atoms with Crippen molar-refractivity contribution in [1.82, 2.24) is 0 Å². The second kappa shape index (κ2) is 12.6. The number of rotatable bonds is 12. The van der Waals surface area contributed by atoms with Crippen molar-refractivity contribution in [2.24, 2.45) is 5.92 Å². The van der Waals surface area contributed by atoms with Gasteiger partial charge in [-0.25, -0.2) is 9.36 Å². The van der Waals surface area contributed by atoms with E-state index in [0.717, 1.165) is 49.7 Å². The topological polar surface area (TPSA) is 102 Å². The van der Waals surface area contributed by atoms with Gasteiger partial charge in [0.25, 0.3) is 0 Å². The van der Waals surface area contributed by atoms with Crippen LogP contribution in [0, 0.1) is 5.92 Å². The zero-order valence-electron chi connectivity index (χ0n) is 22.8. The number of ether oxygens (including phenoxy) is 1. The maximum absolute atomic E-state index is 13.2. The molecule has 2 N–H and O–H groups in total. The van der Waals surface area contributed by atoms with Gasteiger partial charge >= 0.3 is 13.8 Å².